The number of urea groups is 1. The van der Waals surface area contributed by atoms with Crippen LogP contribution in [0.15, 0.2) is 0 Å². The summed E-state index contributed by atoms with van der Waals surface area (Å²) in [7, 11) is 0. The first kappa shape index (κ1) is 39.3. The molecule has 1 aliphatic heterocycles. The lowest BCUT2D eigenvalue weighted by Gasteiger charge is -2.45. The lowest BCUT2D eigenvalue weighted by atomic mass is 9.83. The minimum absolute atomic E-state index is 0.131. The molecule has 2 aliphatic rings. The fraction of sp³-hybridized carbons (Fsp3) is 0.917. The van der Waals surface area contributed by atoms with Crippen molar-refractivity contribution in [1.82, 2.24) is 16.0 Å². The zero-order chi connectivity index (χ0) is 33.3. The second-order valence-electron chi connectivity index (χ2n) is 14.9. The lowest BCUT2D eigenvalue weighted by molar-refractivity contribution is -0.304. The van der Waals surface area contributed by atoms with E-state index in [2.05, 4.69) is 29.8 Å². The maximum absolute atomic E-state index is 13.6. The number of aliphatic carboxylic acids is 1. The van der Waals surface area contributed by atoms with Gasteiger partial charge in [-0.15, -0.1) is 0 Å². The van der Waals surface area contributed by atoms with E-state index in [0.717, 1.165) is 70.6 Å². The summed E-state index contributed by atoms with van der Waals surface area (Å²) in [5.74, 6) is -2.40. The summed E-state index contributed by atoms with van der Waals surface area (Å²) in [6.07, 6.45) is 18.9. The molecule has 0 aromatic heterocycles. The fourth-order valence-corrected chi connectivity index (χ4v) is 6.92. The van der Waals surface area contributed by atoms with Crippen molar-refractivity contribution in [2.75, 3.05) is 6.61 Å². The first-order valence-electron chi connectivity index (χ1n) is 18.3. The molecular formula is C36H67N3O6. The molecule has 0 radical (unpaired) electrons. The van der Waals surface area contributed by atoms with Crippen molar-refractivity contribution >= 4 is 17.9 Å². The molecule has 2 rings (SSSR count). The molecule has 9 nitrogen and oxygen atoms in total. The van der Waals surface area contributed by atoms with Crippen molar-refractivity contribution in [3.63, 3.8) is 0 Å². The monoisotopic (exact) mass is 638 g/mol. The zero-order valence-electron chi connectivity index (χ0n) is 29.5. The van der Waals surface area contributed by atoms with Crippen LogP contribution in [0.3, 0.4) is 0 Å². The number of hydrogen-bond donors (Lipinski definition) is 4. The van der Waals surface area contributed by atoms with Gasteiger partial charge in [0.25, 0.3) is 0 Å². The van der Waals surface area contributed by atoms with Gasteiger partial charge in [0.1, 0.15) is 6.10 Å². The maximum Gasteiger partial charge on any atom is 0.315 e. The molecule has 1 saturated carbocycles. The molecule has 262 valence electrons. The molecule has 45 heavy (non-hydrogen) atoms. The van der Waals surface area contributed by atoms with E-state index in [1.165, 1.54) is 44.9 Å². The fourth-order valence-electron chi connectivity index (χ4n) is 6.92. The molecule has 2 fully saturated rings. The van der Waals surface area contributed by atoms with Gasteiger partial charge < -0.3 is 30.5 Å². The summed E-state index contributed by atoms with van der Waals surface area (Å²) < 4.78 is 11.8. The number of carboxylic acids is 1. The van der Waals surface area contributed by atoms with Crippen LogP contribution in [0.1, 0.15) is 164 Å². The third-order valence-electron chi connectivity index (χ3n) is 9.66. The van der Waals surface area contributed by atoms with E-state index < -0.39 is 29.3 Å². The van der Waals surface area contributed by atoms with Crippen molar-refractivity contribution in [3.05, 3.63) is 0 Å². The number of ether oxygens (including phenoxy) is 2. The Balaban J connectivity index is 2.06. The topological polar surface area (TPSA) is 126 Å². The minimum atomic E-state index is -0.971. The first-order chi connectivity index (χ1) is 21.4. The highest BCUT2D eigenvalue weighted by molar-refractivity contribution is 5.83. The molecule has 1 aliphatic carbocycles. The Labute approximate surface area is 274 Å². The summed E-state index contributed by atoms with van der Waals surface area (Å²) in [6.45, 7) is 12.2. The average molecular weight is 638 g/mol. The molecule has 5 atom stereocenters. The number of carbonyl (C=O) groups excluding carboxylic acids is 2. The lowest BCUT2D eigenvalue weighted by Crippen LogP contribution is -2.60. The zero-order valence-corrected chi connectivity index (χ0v) is 29.5. The third kappa shape index (κ3) is 15.1. The average Bonchev–Trinajstić information content (AvgIpc) is 3.20. The summed E-state index contributed by atoms with van der Waals surface area (Å²) in [5, 5.41) is 19.5. The highest BCUT2D eigenvalue weighted by atomic mass is 16.7. The molecule has 0 aromatic rings. The van der Waals surface area contributed by atoms with Gasteiger partial charge >= 0.3 is 12.0 Å². The molecule has 3 amide bonds. The second kappa shape index (κ2) is 20.4. The standard InChI is InChI=1S/C36H67N3O6/c1-7-9-11-12-13-14-15-18-22-27(21-17-10-8-2)37-34(43)39-29-24-20-16-19-23-28(29)30(25-31(40)41)38-33(42)32-35(3,4)26-44-36(5,6)45-32/h27-30,32H,7-26H2,1-6H3,(H,38,42)(H,40,41)(H2,37,39,43). The summed E-state index contributed by atoms with van der Waals surface area (Å²) >= 11 is 0. The molecule has 0 aromatic carbocycles. The van der Waals surface area contributed by atoms with Gasteiger partial charge in [-0.1, -0.05) is 118 Å². The van der Waals surface area contributed by atoms with Crippen LogP contribution >= 0.6 is 0 Å². The molecular weight excluding hydrogens is 570 g/mol. The van der Waals surface area contributed by atoms with Crippen molar-refractivity contribution < 1.29 is 29.0 Å². The Bertz CT molecular complexity index is 879. The van der Waals surface area contributed by atoms with Crippen LogP contribution in [0.5, 0.6) is 0 Å². The predicted molar refractivity (Wildman–Crippen MR) is 180 cm³/mol. The Morgan fingerprint density at radius 2 is 1.38 bits per heavy atom. The van der Waals surface area contributed by atoms with Crippen LogP contribution in [0, 0.1) is 11.3 Å². The van der Waals surface area contributed by atoms with E-state index >= 15 is 0 Å². The molecule has 0 spiro atoms. The number of unbranched alkanes of at least 4 members (excludes halogenated alkanes) is 9. The summed E-state index contributed by atoms with van der Waals surface area (Å²) in [6, 6.07) is -0.895. The van der Waals surface area contributed by atoms with Gasteiger partial charge in [-0.25, -0.2) is 4.79 Å². The van der Waals surface area contributed by atoms with Crippen LogP contribution < -0.4 is 16.0 Å². The van der Waals surface area contributed by atoms with E-state index in [0.29, 0.717) is 6.61 Å². The number of carbonyl (C=O) groups is 3. The maximum atomic E-state index is 13.6. The van der Waals surface area contributed by atoms with E-state index in [1.807, 2.05) is 13.8 Å². The second-order valence-corrected chi connectivity index (χ2v) is 14.9. The number of rotatable bonds is 20. The van der Waals surface area contributed by atoms with Crippen LogP contribution in [-0.4, -0.2) is 59.6 Å². The van der Waals surface area contributed by atoms with Crippen molar-refractivity contribution in [1.29, 1.82) is 0 Å². The van der Waals surface area contributed by atoms with Gasteiger partial charge in [-0.05, 0) is 39.5 Å². The van der Waals surface area contributed by atoms with Crippen molar-refractivity contribution in [3.8, 4) is 0 Å². The Kier molecular flexibility index (Phi) is 17.8. The van der Waals surface area contributed by atoms with Gasteiger partial charge in [-0.2, -0.15) is 0 Å². The quantitative estimate of drug-likeness (QED) is 0.0796. The Morgan fingerprint density at radius 3 is 2.02 bits per heavy atom. The van der Waals surface area contributed by atoms with Gasteiger partial charge in [-0.3, -0.25) is 9.59 Å². The highest BCUT2D eigenvalue weighted by Crippen LogP contribution is 2.36. The van der Waals surface area contributed by atoms with Gasteiger partial charge in [0.2, 0.25) is 5.91 Å². The molecule has 1 heterocycles. The van der Waals surface area contributed by atoms with Crippen LogP contribution in [0.2, 0.25) is 0 Å². The van der Waals surface area contributed by atoms with Gasteiger partial charge in [0.05, 0.1) is 13.0 Å². The van der Waals surface area contributed by atoms with Crippen LogP contribution in [0.25, 0.3) is 0 Å². The van der Waals surface area contributed by atoms with Crippen LogP contribution in [0.4, 0.5) is 4.79 Å². The minimum Gasteiger partial charge on any atom is -0.481 e. The molecule has 0 bridgehead atoms. The highest BCUT2D eigenvalue weighted by Gasteiger charge is 2.47. The van der Waals surface area contributed by atoms with Gasteiger partial charge in [0, 0.05) is 29.5 Å². The number of hydrogen-bond acceptors (Lipinski definition) is 5. The van der Waals surface area contributed by atoms with E-state index in [-0.39, 0.29) is 36.4 Å². The first-order valence-corrected chi connectivity index (χ1v) is 18.3. The third-order valence-corrected chi connectivity index (χ3v) is 9.66. The van der Waals surface area contributed by atoms with Crippen molar-refractivity contribution in [2.45, 2.75) is 194 Å². The summed E-state index contributed by atoms with van der Waals surface area (Å²) in [4.78, 5) is 39.1. The van der Waals surface area contributed by atoms with Crippen molar-refractivity contribution in [2.24, 2.45) is 11.3 Å². The van der Waals surface area contributed by atoms with E-state index in [4.69, 9.17) is 9.47 Å². The smallest absolute Gasteiger partial charge is 0.315 e. The Hall–Kier alpha value is -1.87. The summed E-state index contributed by atoms with van der Waals surface area (Å²) in [5.41, 5.74) is -0.573. The van der Waals surface area contributed by atoms with E-state index in [1.54, 1.807) is 13.8 Å². The number of amides is 3. The molecule has 9 heteroatoms. The molecule has 4 N–H and O–H groups in total. The number of carboxylic acid groups (broad SMARTS) is 1. The largest absolute Gasteiger partial charge is 0.481 e. The molecule has 5 unspecified atom stereocenters. The SMILES string of the molecule is CCCCCCCCCCC(CCCCC)NC(=O)NC1CCCCCC1C(CC(=O)O)NC(=O)C1OC(C)(C)OCC1(C)C. The van der Waals surface area contributed by atoms with E-state index in [9.17, 15) is 19.5 Å². The normalized spacial score (nSPS) is 24.2. The predicted octanol–water partition coefficient (Wildman–Crippen LogP) is 7.85. The van der Waals surface area contributed by atoms with Gasteiger partial charge in [0.15, 0.2) is 5.79 Å². The van der Waals surface area contributed by atoms with Crippen LogP contribution in [-0.2, 0) is 19.1 Å². The Morgan fingerprint density at radius 1 is 0.800 bits per heavy atom. The molecule has 1 saturated heterocycles. The number of nitrogens with one attached hydrogen (secondary N) is 3.